The molecule has 20 heavy (non-hydrogen) atoms. The molecule has 1 heterocycles. The highest BCUT2D eigenvalue weighted by Gasteiger charge is 2.29. The predicted molar refractivity (Wildman–Crippen MR) is 65.5 cm³/mol. The Morgan fingerprint density at radius 2 is 2.05 bits per heavy atom. The van der Waals surface area contributed by atoms with Crippen molar-refractivity contribution >= 4 is 17.6 Å². The molecule has 2 N–H and O–H groups in total. The lowest BCUT2D eigenvalue weighted by atomic mass is 10.1. The minimum atomic E-state index is -1.53. The fraction of sp³-hybridized carbons (Fsp3) is 0.385. The second-order valence-electron chi connectivity index (χ2n) is 4.68. The molecule has 2 unspecified atom stereocenters. The summed E-state index contributed by atoms with van der Waals surface area (Å²) in [6, 6.07) is 1.21. The Bertz CT molecular complexity index is 562. The molecule has 1 fully saturated rings. The Labute approximate surface area is 113 Å². The summed E-state index contributed by atoms with van der Waals surface area (Å²) >= 11 is 0. The predicted octanol–water partition coefficient (Wildman–Crippen LogP) is 2.03. The number of ether oxygens (including phenoxy) is 1. The van der Waals surface area contributed by atoms with Gasteiger partial charge in [-0.25, -0.2) is 13.6 Å². The van der Waals surface area contributed by atoms with E-state index in [1.54, 1.807) is 0 Å². The average molecular weight is 285 g/mol. The monoisotopic (exact) mass is 285 g/mol. The molecule has 1 amide bonds. The zero-order valence-electron chi connectivity index (χ0n) is 10.7. The van der Waals surface area contributed by atoms with Crippen LogP contribution in [0.1, 0.15) is 23.7 Å². The molecular weight excluding hydrogens is 272 g/mol. The van der Waals surface area contributed by atoms with Crippen molar-refractivity contribution in [3.63, 3.8) is 0 Å². The number of carboxylic acid groups (broad SMARTS) is 1. The van der Waals surface area contributed by atoms with Crippen molar-refractivity contribution in [3.05, 3.63) is 29.3 Å². The number of nitrogens with one attached hydrogen (secondary N) is 1. The second-order valence-corrected chi connectivity index (χ2v) is 4.68. The van der Waals surface area contributed by atoms with Crippen molar-refractivity contribution in [1.82, 2.24) is 0 Å². The van der Waals surface area contributed by atoms with Gasteiger partial charge in [-0.2, -0.15) is 0 Å². The first-order chi connectivity index (χ1) is 9.38. The summed E-state index contributed by atoms with van der Waals surface area (Å²) in [6.45, 7) is 2.04. The zero-order valence-corrected chi connectivity index (χ0v) is 10.7. The van der Waals surface area contributed by atoms with Gasteiger partial charge in [0, 0.05) is 6.07 Å². The maximum Gasteiger partial charge on any atom is 0.338 e. The van der Waals surface area contributed by atoms with Crippen LogP contribution in [-0.4, -0.2) is 29.7 Å². The molecule has 2 atom stereocenters. The Kier molecular flexibility index (Phi) is 3.99. The van der Waals surface area contributed by atoms with Crippen molar-refractivity contribution in [2.24, 2.45) is 5.92 Å². The summed E-state index contributed by atoms with van der Waals surface area (Å²) in [4.78, 5) is 22.7. The Balaban J connectivity index is 2.18. The summed E-state index contributed by atoms with van der Waals surface area (Å²) in [7, 11) is 0. The van der Waals surface area contributed by atoms with Crippen LogP contribution in [0.2, 0.25) is 0 Å². The molecule has 0 saturated carbocycles. The van der Waals surface area contributed by atoms with Crippen LogP contribution in [0.5, 0.6) is 0 Å². The molecule has 1 aromatic carbocycles. The molecule has 0 radical (unpaired) electrons. The molecule has 0 aromatic heterocycles. The summed E-state index contributed by atoms with van der Waals surface area (Å²) in [6.07, 6.45) is 0.443. The number of carboxylic acids is 1. The summed E-state index contributed by atoms with van der Waals surface area (Å²) in [5, 5.41) is 11.0. The van der Waals surface area contributed by atoms with Gasteiger partial charge in [0.2, 0.25) is 5.91 Å². The molecule has 0 aliphatic carbocycles. The van der Waals surface area contributed by atoms with Gasteiger partial charge in [-0.05, 0) is 19.4 Å². The van der Waals surface area contributed by atoms with E-state index in [1.807, 2.05) is 6.92 Å². The molecule has 5 nitrogen and oxygen atoms in total. The fourth-order valence-corrected chi connectivity index (χ4v) is 2.04. The minimum absolute atomic E-state index is 0.0570. The maximum atomic E-state index is 13.5. The third-order valence-electron chi connectivity index (χ3n) is 3.11. The van der Waals surface area contributed by atoms with Gasteiger partial charge in [0.05, 0.1) is 29.9 Å². The van der Waals surface area contributed by atoms with Crippen LogP contribution in [0.4, 0.5) is 14.5 Å². The summed E-state index contributed by atoms with van der Waals surface area (Å²) < 4.78 is 32.0. The number of hydrogen-bond donors (Lipinski definition) is 2. The maximum absolute atomic E-state index is 13.5. The topological polar surface area (TPSA) is 75.6 Å². The van der Waals surface area contributed by atoms with E-state index < -0.39 is 35.0 Å². The standard InChI is InChI=1S/C13H13F2NO4/c1-6-2-7(5-20-6)12(17)16-11-3-8(13(18)19)9(14)4-10(11)15/h3-4,6-7H,2,5H2,1H3,(H,16,17)(H,18,19). The van der Waals surface area contributed by atoms with Gasteiger partial charge in [0.1, 0.15) is 11.6 Å². The quantitative estimate of drug-likeness (QED) is 0.891. The molecule has 0 spiro atoms. The fourth-order valence-electron chi connectivity index (χ4n) is 2.04. The second kappa shape index (κ2) is 5.54. The van der Waals surface area contributed by atoms with Crippen LogP contribution in [0.15, 0.2) is 12.1 Å². The van der Waals surface area contributed by atoms with Crippen molar-refractivity contribution < 1.29 is 28.2 Å². The smallest absolute Gasteiger partial charge is 0.338 e. The van der Waals surface area contributed by atoms with Crippen LogP contribution in [-0.2, 0) is 9.53 Å². The Morgan fingerprint density at radius 1 is 1.35 bits per heavy atom. The van der Waals surface area contributed by atoms with Gasteiger partial charge in [0.25, 0.3) is 0 Å². The Hall–Kier alpha value is -2.02. The highest BCUT2D eigenvalue weighted by molar-refractivity contribution is 5.95. The highest BCUT2D eigenvalue weighted by Crippen LogP contribution is 2.24. The molecule has 1 aliphatic heterocycles. The normalized spacial score (nSPS) is 21.8. The number of carbonyl (C=O) groups excluding carboxylic acids is 1. The third-order valence-corrected chi connectivity index (χ3v) is 3.11. The van der Waals surface area contributed by atoms with Gasteiger partial charge < -0.3 is 15.2 Å². The molecule has 1 aromatic rings. The number of anilines is 1. The molecule has 108 valence electrons. The summed E-state index contributed by atoms with van der Waals surface area (Å²) in [5.74, 6) is -4.65. The van der Waals surface area contributed by atoms with E-state index >= 15 is 0 Å². The minimum Gasteiger partial charge on any atom is -0.478 e. The molecule has 1 saturated heterocycles. The number of aromatic carboxylic acids is 1. The number of rotatable bonds is 3. The SMILES string of the molecule is CC1CC(C(=O)Nc2cc(C(=O)O)c(F)cc2F)CO1. The van der Waals surface area contributed by atoms with Crippen LogP contribution in [0, 0.1) is 17.6 Å². The third kappa shape index (κ3) is 2.93. The van der Waals surface area contributed by atoms with E-state index in [2.05, 4.69) is 5.32 Å². The van der Waals surface area contributed by atoms with Gasteiger partial charge in [-0.15, -0.1) is 0 Å². The van der Waals surface area contributed by atoms with E-state index in [9.17, 15) is 18.4 Å². The van der Waals surface area contributed by atoms with Crippen LogP contribution < -0.4 is 5.32 Å². The summed E-state index contributed by atoms with van der Waals surface area (Å²) in [5.41, 5.74) is -1.05. The van der Waals surface area contributed by atoms with E-state index in [-0.39, 0.29) is 18.4 Å². The average Bonchev–Trinajstić information content (AvgIpc) is 2.79. The van der Waals surface area contributed by atoms with Gasteiger partial charge in [0.15, 0.2) is 0 Å². The van der Waals surface area contributed by atoms with E-state index in [1.165, 1.54) is 0 Å². The van der Waals surface area contributed by atoms with Gasteiger partial charge in [-0.3, -0.25) is 4.79 Å². The lowest BCUT2D eigenvalue weighted by Gasteiger charge is -2.11. The Morgan fingerprint density at radius 3 is 2.60 bits per heavy atom. The number of hydrogen-bond acceptors (Lipinski definition) is 3. The molecule has 7 heteroatoms. The number of amides is 1. The van der Waals surface area contributed by atoms with Gasteiger partial charge >= 0.3 is 5.97 Å². The molecule has 1 aliphatic rings. The van der Waals surface area contributed by atoms with Crippen molar-refractivity contribution in [2.75, 3.05) is 11.9 Å². The highest BCUT2D eigenvalue weighted by atomic mass is 19.1. The number of benzene rings is 1. The van der Waals surface area contributed by atoms with Crippen LogP contribution >= 0.6 is 0 Å². The molecule has 2 rings (SSSR count). The molecule has 0 bridgehead atoms. The van der Waals surface area contributed by atoms with E-state index in [4.69, 9.17) is 9.84 Å². The first kappa shape index (κ1) is 14.4. The largest absolute Gasteiger partial charge is 0.478 e. The van der Waals surface area contributed by atoms with E-state index in [0.29, 0.717) is 12.5 Å². The lowest BCUT2D eigenvalue weighted by Crippen LogP contribution is -2.24. The van der Waals surface area contributed by atoms with Crippen molar-refractivity contribution in [2.45, 2.75) is 19.4 Å². The van der Waals surface area contributed by atoms with Crippen molar-refractivity contribution in [3.8, 4) is 0 Å². The first-order valence-corrected chi connectivity index (χ1v) is 6.03. The lowest BCUT2D eigenvalue weighted by molar-refractivity contribution is -0.119. The zero-order chi connectivity index (χ0) is 14.9. The van der Waals surface area contributed by atoms with Crippen LogP contribution in [0.25, 0.3) is 0 Å². The van der Waals surface area contributed by atoms with Crippen molar-refractivity contribution in [1.29, 1.82) is 0 Å². The van der Waals surface area contributed by atoms with E-state index in [0.717, 1.165) is 6.07 Å². The number of carbonyl (C=O) groups is 2. The van der Waals surface area contributed by atoms with Crippen LogP contribution in [0.3, 0.4) is 0 Å². The first-order valence-electron chi connectivity index (χ1n) is 6.03. The number of halogens is 2. The molecular formula is C13H13F2NO4. The van der Waals surface area contributed by atoms with Gasteiger partial charge in [-0.1, -0.05) is 0 Å².